The highest BCUT2D eigenvalue weighted by molar-refractivity contribution is 5.91. The standard InChI is InChI=1S/C15H15NO8/c1-8(2)13(17)23-9(3)14(18)24-12-6-5-10(15(19)22-4)7-11(12)16(20)21/h5-7,9H,1H2,2-4H3. The number of carbonyl (C=O) groups excluding carboxylic acids is 3. The number of hydrogen-bond acceptors (Lipinski definition) is 8. The monoisotopic (exact) mass is 337 g/mol. The number of ether oxygens (including phenoxy) is 3. The Kier molecular flexibility index (Phi) is 6.16. The summed E-state index contributed by atoms with van der Waals surface area (Å²) in [5.41, 5.74) is -0.599. The number of esters is 3. The molecular weight excluding hydrogens is 322 g/mol. The third kappa shape index (κ3) is 4.63. The highest BCUT2D eigenvalue weighted by Gasteiger charge is 2.25. The summed E-state index contributed by atoms with van der Waals surface area (Å²) >= 11 is 0. The molecule has 24 heavy (non-hydrogen) atoms. The van der Waals surface area contributed by atoms with Crippen molar-refractivity contribution < 1.29 is 33.5 Å². The van der Waals surface area contributed by atoms with Crippen molar-refractivity contribution in [2.75, 3.05) is 7.11 Å². The van der Waals surface area contributed by atoms with E-state index in [1.165, 1.54) is 19.9 Å². The lowest BCUT2D eigenvalue weighted by Gasteiger charge is -2.12. The number of nitrogens with zero attached hydrogens (tertiary/aromatic N) is 1. The van der Waals surface area contributed by atoms with Crippen LogP contribution in [0.2, 0.25) is 0 Å². The maximum absolute atomic E-state index is 11.9. The predicted molar refractivity (Wildman–Crippen MR) is 80.4 cm³/mol. The maximum atomic E-state index is 11.9. The Hall–Kier alpha value is -3.23. The predicted octanol–water partition coefficient (Wildman–Crippen LogP) is 1.79. The fraction of sp³-hybridized carbons (Fsp3) is 0.267. The molecule has 1 unspecified atom stereocenters. The van der Waals surface area contributed by atoms with E-state index in [-0.39, 0.29) is 11.1 Å². The normalized spacial score (nSPS) is 11.1. The van der Waals surface area contributed by atoms with Crippen LogP contribution in [-0.2, 0) is 19.1 Å². The Labute approximate surface area is 137 Å². The van der Waals surface area contributed by atoms with Crippen molar-refractivity contribution in [2.24, 2.45) is 0 Å². The number of nitro benzene ring substituents is 1. The zero-order valence-electron chi connectivity index (χ0n) is 13.2. The number of benzene rings is 1. The minimum Gasteiger partial charge on any atom is -0.465 e. The fourth-order valence-corrected chi connectivity index (χ4v) is 1.49. The lowest BCUT2D eigenvalue weighted by atomic mass is 10.2. The Morgan fingerprint density at radius 1 is 1.29 bits per heavy atom. The topological polar surface area (TPSA) is 122 Å². The number of carbonyl (C=O) groups is 3. The molecule has 0 fully saturated rings. The van der Waals surface area contributed by atoms with Gasteiger partial charge in [-0.1, -0.05) is 6.58 Å². The highest BCUT2D eigenvalue weighted by atomic mass is 16.6. The van der Waals surface area contributed by atoms with E-state index in [1.54, 1.807) is 0 Å². The molecule has 0 saturated carbocycles. The summed E-state index contributed by atoms with van der Waals surface area (Å²) in [5, 5.41) is 11.1. The number of hydrogen-bond donors (Lipinski definition) is 0. The van der Waals surface area contributed by atoms with Gasteiger partial charge in [-0.2, -0.15) is 0 Å². The first-order valence-electron chi connectivity index (χ1n) is 6.62. The quantitative estimate of drug-likeness (QED) is 0.253. The zero-order chi connectivity index (χ0) is 18.4. The molecule has 0 bridgehead atoms. The Balaban J connectivity index is 2.99. The van der Waals surface area contributed by atoms with Crippen molar-refractivity contribution in [3.63, 3.8) is 0 Å². The number of rotatable bonds is 6. The SMILES string of the molecule is C=C(C)C(=O)OC(C)C(=O)Oc1ccc(C(=O)OC)cc1[N+](=O)[O-]. The largest absolute Gasteiger partial charge is 0.465 e. The summed E-state index contributed by atoms with van der Waals surface area (Å²) < 4.78 is 14.1. The van der Waals surface area contributed by atoms with Crippen LogP contribution in [-0.4, -0.2) is 36.0 Å². The lowest BCUT2D eigenvalue weighted by Crippen LogP contribution is -2.28. The van der Waals surface area contributed by atoms with E-state index in [4.69, 9.17) is 9.47 Å². The fourth-order valence-electron chi connectivity index (χ4n) is 1.49. The molecule has 1 aromatic carbocycles. The third-order valence-electron chi connectivity index (χ3n) is 2.75. The first kappa shape index (κ1) is 18.8. The van der Waals surface area contributed by atoms with Crippen LogP contribution < -0.4 is 4.74 Å². The van der Waals surface area contributed by atoms with Gasteiger partial charge in [0.1, 0.15) is 0 Å². The molecule has 0 aromatic heterocycles. The lowest BCUT2D eigenvalue weighted by molar-refractivity contribution is -0.385. The average molecular weight is 337 g/mol. The van der Waals surface area contributed by atoms with Crippen LogP contribution in [0.5, 0.6) is 5.75 Å². The second kappa shape index (κ2) is 7.86. The molecule has 1 atom stereocenters. The van der Waals surface area contributed by atoms with Crippen molar-refractivity contribution in [3.8, 4) is 5.75 Å². The Bertz CT molecular complexity index is 709. The Morgan fingerprint density at radius 3 is 2.42 bits per heavy atom. The van der Waals surface area contributed by atoms with Crippen LogP contribution in [0.1, 0.15) is 24.2 Å². The highest BCUT2D eigenvalue weighted by Crippen LogP contribution is 2.28. The molecule has 1 aromatic rings. The molecular formula is C15H15NO8. The second-order valence-electron chi connectivity index (χ2n) is 4.68. The number of methoxy groups -OCH3 is 1. The molecule has 9 heteroatoms. The van der Waals surface area contributed by atoms with Crippen LogP contribution in [0.25, 0.3) is 0 Å². The van der Waals surface area contributed by atoms with E-state index in [9.17, 15) is 24.5 Å². The van der Waals surface area contributed by atoms with E-state index in [2.05, 4.69) is 11.3 Å². The van der Waals surface area contributed by atoms with Gasteiger partial charge in [0.15, 0.2) is 6.10 Å². The summed E-state index contributed by atoms with van der Waals surface area (Å²) in [5.74, 6) is -2.98. The van der Waals surface area contributed by atoms with Gasteiger partial charge in [0, 0.05) is 11.6 Å². The van der Waals surface area contributed by atoms with E-state index in [0.29, 0.717) is 0 Å². The molecule has 0 N–H and O–H groups in total. The van der Waals surface area contributed by atoms with E-state index >= 15 is 0 Å². The molecule has 9 nitrogen and oxygen atoms in total. The molecule has 0 heterocycles. The van der Waals surface area contributed by atoms with E-state index in [0.717, 1.165) is 19.2 Å². The van der Waals surface area contributed by atoms with Gasteiger partial charge in [-0.3, -0.25) is 10.1 Å². The molecule has 0 aliphatic carbocycles. The van der Waals surface area contributed by atoms with Gasteiger partial charge in [0.25, 0.3) is 0 Å². The van der Waals surface area contributed by atoms with Crippen molar-refractivity contribution in [2.45, 2.75) is 20.0 Å². The van der Waals surface area contributed by atoms with Gasteiger partial charge in [-0.15, -0.1) is 0 Å². The number of nitro groups is 1. The molecule has 0 aliphatic rings. The minimum atomic E-state index is -1.30. The van der Waals surface area contributed by atoms with Gasteiger partial charge in [0.05, 0.1) is 17.6 Å². The van der Waals surface area contributed by atoms with Gasteiger partial charge in [-0.05, 0) is 26.0 Å². The smallest absolute Gasteiger partial charge is 0.352 e. The van der Waals surface area contributed by atoms with E-state index in [1.807, 2.05) is 0 Å². The summed E-state index contributed by atoms with van der Waals surface area (Å²) in [6, 6.07) is 3.20. The van der Waals surface area contributed by atoms with Crippen LogP contribution in [0, 0.1) is 10.1 Å². The van der Waals surface area contributed by atoms with Crippen LogP contribution in [0.15, 0.2) is 30.4 Å². The summed E-state index contributed by atoms with van der Waals surface area (Å²) in [7, 11) is 1.12. The molecule has 0 radical (unpaired) electrons. The van der Waals surface area contributed by atoms with Gasteiger partial charge < -0.3 is 14.2 Å². The van der Waals surface area contributed by atoms with E-state index < -0.39 is 40.4 Å². The van der Waals surface area contributed by atoms with Crippen molar-refractivity contribution >= 4 is 23.6 Å². The first-order valence-corrected chi connectivity index (χ1v) is 6.62. The second-order valence-corrected chi connectivity index (χ2v) is 4.68. The first-order chi connectivity index (χ1) is 11.2. The van der Waals surface area contributed by atoms with Crippen LogP contribution in [0.3, 0.4) is 0 Å². The molecule has 0 amide bonds. The van der Waals surface area contributed by atoms with Gasteiger partial charge in [0.2, 0.25) is 5.75 Å². The van der Waals surface area contributed by atoms with Crippen LogP contribution in [0.4, 0.5) is 5.69 Å². The molecule has 0 saturated heterocycles. The van der Waals surface area contributed by atoms with Crippen molar-refractivity contribution in [3.05, 3.63) is 46.0 Å². The van der Waals surface area contributed by atoms with Crippen LogP contribution >= 0.6 is 0 Å². The molecule has 0 aliphatic heterocycles. The van der Waals surface area contributed by atoms with Crippen molar-refractivity contribution in [1.29, 1.82) is 0 Å². The van der Waals surface area contributed by atoms with Crippen molar-refractivity contribution in [1.82, 2.24) is 0 Å². The minimum absolute atomic E-state index is 0.0780. The summed E-state index contributed by atoms with van der Waals surface area (Å²) in [6.45, 7) is 6.01. The molecule has 1 rings (SSSR count). The van der Waals surface area contributed by atoms with Gasteiger partial charge in [-0.25, -0.2) is 14.4 Å². The molecule has 128 valence electrons. The Morgan fingerprint density at radius 2 is 1.92 bits per heavy atom. The average Bonchev–Trinajstić information content (AvgIpc) is 2.53. The van der Waals surface area contributed by atoms with Gasteiger partial charge >= 0.3 is 23.6 Å². The summed E-state index contributed by atoms with van der Waals surface area (Å²) in [4.78, 5) is 44.9. The maximum Gasteiger partial charge on any atom is 0.352 e. The summed E-state index contributed by atoms with van der Waals surface area (Å²) in [6.07, 6.45) is -1.30. The third-order valence-corrected chi connectivity index (χ3v) is 2.75. The zero-order valence-corrected chi connectivity index (χ0v) is 13.2. The molecule has 0 spiro atoms.